The van der Waals surface area contributed by atoms with Crippen LogP contribution in [0.3, 0.4) is 0 Å². The van der Waals surface area contributed by atoms with E-state index in [0.717, 1.165) is 31.5 Å². The van der Waals surface area contributed by atoms with E-state index in [1.165, 1.54) is 6.07 Å². The Morgan fingerprint density at radius 1 is 1.16 bits per heavy atom. The molecule has 0 spiro atoms. The number of pyridine rings is 1. The van der Waals surface area contributed by atoms with Gasteiger partial charge in [-0.1, -0.05) is 6.42 Å². The van der Waals surface area contributed by atoms with Crippen LogP contribution in [0, 0.1) is 17.8 Å². The van der Waals surface area contributed by atoms with Crippen molar-refractivity contribution in [2.75, 3.05) is 18.4 Å². The van der Waals surface area contributed by atoms with Gasteiger partial charge in [0, 0.05) is 31.2 Å². The summed E-state index contributed by atoms with van der Waals surface area (Å²) in [4.78, 5) is 29.8. The zero-order valence-corrected chi connectivity index (χ0v) is 17.1. The van der Waals surface area contributed by atoms with Crippen LogP contribution in [0.5, 0.6) is 0 Å². The number of nitrogens with zero attached hydrogens (tertiary/aromatic N) is 2. The number of halogens is 3. The largest absolute Gasteiger partial charge is 0.446 e. The fraction of sp³-hybridized carbons (Fsp3) is 0.667. The Kier molecular flexibility index (Phi) is 5.98. The van der Waals surface area contributed by atoms with Crippen molar-refractivity contribution >= 4 is 17.8 Å². The SMILES string of the molecule is NC(=O)C1CC2CCCC(C1)C2OC(=O)N1CC[C@@H](Nc2ccc(C(F)(F)F)cn2)C1. The monoisotopic (exact) mass is 440 g/mol. The minimum atomic E-state index is -4.42. The smallest absolute Gasteiger partial charge is 0.417 e. The summed E-state index contributed by atoms with van der Waals surface area (Å²) in [5.74, 6) is 0.269. The van der Waals surface area contributed by atoms with Gasteiger partial charge < -0.3 is 20.7 Å². The highest BCUT2D eigenvalue weighted by Crippen LogP contribution is 2.44. The lowest BCUT2D eigenvalue weighted by molar-refractivity contribution is -0.137. The fourth-order valence-corrected chi connectivity index (χ4v) is 5.20. The summed E-state index contributed by atoms with van der Waals surface area (Å²) in [7, 11) is 0. The van der Waals surface area contributed by atoms with Crippen LogP contribution in [-0.2, 0) is 15.7 Å². The first-order valence-corrected chi connectivity index (χ1v) is 10.8. The lowest BCUT2D eigenvalue weighted by Crippen LogP contribution is -2.47. The maximum Gasteiger partial charge on any atom is 0.417 e. The molecule has 170 valence electrons. The Morgan fingerprint density at radius 3 is 2.45 bits per heavy atom. The molecule has 4 rings (SSSR count). The molecule has 3 aliphatic rings. The topological polar surface area (TPSA) is 97.6 Å². The van der Waals surface area contributed by atoms with Gasteiger partial charge in [0.15, 0.2) is 0 Å². The zero-order valence-electron chi connectivity index (χ0n) is 17.1. The molecule has 3 fully saturated rings. The van der Waals surface area contributed by atoms with Gasteiger partial charge in [-0.2, -0.15) is 13.2 Å². The molecule has 3 N–H and O–H groups in total. The standard InChI is InChI=1S/C21H27F3N4O3/c22-21(23,24)15-4-5-17(26-10-15)27-16-6-7-28(11-16)20(30)31-18-12-2-1-3-13(18)9-14(8-12)19(25)29/h4-5,10,12-14,16,18H,1-3,6-9,11H2,(H2,25,29)(H,26,27)/t12?,13?,14?,16-,18?/m1/s1. The van der Waals surface area contributed by atoms with Gasteiger partial charge in [0.05, 0.1) is 5.56 Å². The van der Waals surface area contributed by atoms with Crippen molar-refractivity contribution in [3.63, 3.8) is 0 Å². The number of nitrogens with two attached hydrogens (primary N) is 1. The summed E-state index contributed by atoms with van der Waals surface area (Å²) < 4.78 is 43.9. The number of anilines is 1. The van der Waals surface area contributed by atoms with Gasteiger partial charge >= 0.3 is 12.3 Å². The highest BCUT2D eigenvalue weighted by atomic mass is 19.4. The van der Waals surface area contributed by atoms with Gasteiger partial charge in [0.25, 0.3) is 0 Å². The molecule has 2 amide bonds. The number of hydrogen-bond donors (Lipinski definition) is 2. The lowest BCUT2D eigenvalue weighted by Gasteiger charge is -2.44. The Balaban J connectivity index is 1.30. The van der Waals surface area contributed by atoms with Crippen LogP contribution < -0.4 is 11.1 Å². The third kappa shape index (κ3) is 4.88. The second-order valence-corrected chi connectivity index (χ2v) is 8.88. The van der Waals surface area contributed by atoms with Crippen LogP contribution >= 0.6 is 0 Å². The van der Waals surface area contributed by atoms with E-state index in [9.17, 15) is 22.8 Å². The number of nitrogens with one attached hydrogen (secondary N) is 1. The van der Waals surface area contributed by atoms with Gasteiger partial charge in [0.1, 0.15) is 11.9 Å². The molecular formula is C21H27F3N4O3. The molecule has 0 radical (unpaired) electrons. The predicted octanol–water partition coefficient (Wildman–Crippen LogP) is 3.40. The summed E-state index contributed by atoms with van der Waals surface area (Å²) >= 11 is 0. The molecule has 0 aromatic carbocycles. The Hall–Kier alpha value is -2.52. The minimum Gasteiger partial charge on any atom is -0.446 e. The number of aromatic nitrogens is 1. The Morgan fingerprint density at radius 2 is 1.87 bits per heavy atom. The summed E-state index contributed by atoms with van der Waals surface area (Å²) in [5.41, 5.74) is 4.70. The first kappa shape index (κ1) is 21.7. The molecule has 2 saturated carbocycles. The van der Waals surface area contributed by atoms with Crippen LogP contribution in [0.2, 0.25) is 0 Å². The molecule has 31 heavy (non-hydrogen) atoms. The van der Waals surface area contributed by atoms with Crippen molar-refractivity contribution in [1.29, 1.82) is 0 Å². The van der Waals surface area contributed by atoms with E-state index >= 15 is 0 Å². The molecule has 7 nitrogen and oxygen atoms in total. The molecule has 2 bridgehead atoms. The molecule has 2 unspecified atom stereocenters. The average Bonchev–Trinajstić information content (AvgIpc) is 3.16. The van der Waals surface area contributed by atoms with Crippen molar-refractivity contribution in [2.24, 2.45) is 23.5 Å². The third-order valence-electron chi connectivity index (χ3n) is 6.78. The summed E-state index contributed by atoms with van der Waals surface area (Å²) in [6.07, 6.45) is 0.762. The molecule has 2 heterocycles. The van der Waals surface area contributed by atoms with E-state index in [2.05, 4.69) is 10.3 Å². The van der Waals surface area contributed by atoms with Crippen LogP contribution in [-0.4, -0.2) is 47.1 Å². The molecule has 3 atom stereocenters. The van der Waals surface area contributed by atoms with Crippen molar-refractivity contribution in [1.82, 2.24) is 9.88 Å². The van der Waals surface area contributed by atoms with Crippen LogP contribution in [0.4, 0.5) is 23.8 Å². The highest BCUT2D eigenvalue weighted by Gasteiger charge is 2.45. The molecule has 1 aromatic rings. The number of alkyl halides is 3. The lowest BCUT2D eigenvalue weighted by atomic mass is 9.66. The normalized spacial score (nSPS) is 30.7. The molecular weight excluding hydrogens is 413 g/mol. The van der Waals surface area contributed by atoms with Crippen molar-refractivity contribution in [3.05, 3.63) is 23.9 Å². The van der Waals surface area contributed by atoms with Gasteiger partial charge in [0.2, 0.25) is 5.91 Å². The molecule has 10 heteroatoms. The maximum atomic E-state index is 12.8. The van der Waals surface area contributed by atoms with Gasteiger partial charge in [-0.25, -0.2) is 9.78 Å². The highest BCUT2D eigenvalue weighted by molar-refractivity contribution is 5.77. The fourth-order valence-electron chi connectivity index (χ4n) is 5.20. The van der Waals surface area contributed by atoms with Crippen molar-refractivity contribution in [3.8, 4) is 0 Å². The first-order chi connectivity index (χ1) is 14.7. The summed E-state index contributed by atoms with van der Waals surface area (Å²) in [6.45, 7) is 0.899. The number of primary amides is 1. The number of fused-ring (bicyclic) bond motifs is 2. The van der Waals surface area contributed by atoms with E-state index in [0.29, 0.717) is 38.2 Å². The molecule has 1 aromatic heterocycles. The Bertz CT molecular complexity index is 803. The van der Waals surface area contributed by atoms with Crippen LogP contribution in [0.15, 0.2) is 18.3 Å². The van der Waals surface area contributed by atoms with E-state index in [4.69, 9.17) is 10.5 Å². The van der Waals surface area contributed by atoms with Crippen molar-refractivity contribution < 1.29 is 27.5 Å². The van der Waals surface area contributed by atoms with Gasteiger partial charge in [-0.15, -0.1) is 0 Å². The number of likely N-dealkylation sites (tertiary alicyclic amines) is 1. The average molecular weight is 440 g/mol. The van der Waals surface area contributed by atoms with Crippen LogP contribution in [0.25, 0.3) is 0 Å². The van der Waals surface area contributed by atoms with E-state index in [1.54, 1.807) is 4.90 Å². The third-order valence-corrected chi connectivity index (χ3v) is 6.78. The van der Waals surface area contributed by atoms with Gasteiger partial charge in [-0.3, -0.25) is 4.79 Å². The van der Waals surface area contributed by atoms with E-state index < -0.39 is 11.7 Å². The minimum absolute atomic E-state index is 0.109. The Labute approximate surface area is 178 Å². The quantitative estimate of drug-likeness (QED) is 0.748. The number of hydrogen-bond acceptors (Lipinski definition) is 5. The van der Waals surface area contributed by atoms with Crippen molar-refractivity contribution in [2.45, 2.75) is 56.8 Å². The number of rotatable bonds is 4. The first-order valence-electron chi connectivity index (χ1n) is 10.8. The van der Waals surface area contributed by atoms with E-state index in [-0.39, 0.29) is 41.9 Å². The zero-order chi connectivity index (χ0) is 22.2. The predicted molar refractivity (Wildman–Crippen MR) is 106 cm³/mol. The molecule has 1 saturated heterocycles. The summed E-state index contributed by atoms with van der Waals surface area (Å²) in [5, 5.41) is 3.09. The van der Waals surface area contributed by atoms with E-state index in [1.807, 2.05) is 0 Å². The van der Waals surface area contributed by atoms with Gasteiger partial charge in [-0.05, 0) is 56.1 Å². The van der Waals surface area contributed by atoms with Crippen LogP contribution in [0.1, 0.15) is 44.1 Å². The number of carbonyl (C=O) groups is 2. The second kappa shape index (κ2) is 8.55. The number of carbonyl (C=O) groups excluding carboxylic acids is 2. The number of amides is 2. The second-order valence-electron chi connectivity index (χ2n) is 8.88. The summed E-state index contributed by atoms with van der Waals surface area (Å²) in [6, 6.07) is 2.17. The maximum absolute atomic E-state index is 12.8. The number of ether oxygens (including phenoxy) is 1. The molecule has 1 aliphatic heterocycles. The molecule has 2 aliphatic carbocycles.